The molecule has 5 nitrogen and oxygen atoms in total. The van der Waals surface area contributed by atoms with Gasteiger partial charge in [0.25, 0.3) is 0 Å². The quantitative estimate of drug-likeness (QED) is 0.804. The van der Waals surface area contributed by atoms with E-state index in [9.17, 15) is 4.79 Å². The minimum Gasteiger partial charge on any atom is -0.323 e. The summed E-state index contributed by atoms with van der Waals surface area (Å²) in [5.41, 5.74) is 3.54. The Balaban J connectivity index is 1.65. The van der Waals surface area contributed by atoms with E-state index in [1.165, 1.54) is 0 Å². The van der Waals surface area contributed by atoms with E-state index in [0.29, 0.717) is 17.9 Å². The SMILES string of the molecule is Cc1cccc(CC(=O)Nc2cnc(-c3cccnc3)nc2)c1. The molecule has 1 N–H and O–H groups in total. The molecule has 0 spiro atoms. The first-order chi connectivity index (χ1) is 11.2. The molecule has 0 aliphatic rings. The molecule has 0 aliphatic heterocycles. The van der Waals surface area contributed by atoms with E-state index in [0.717, 1.165) is 16.7 Å². The predicted molar refractivity (Wildman–Crippen MR) is 88.8 cm³/mol. The van der Waals surface area contributed by atoms with Gasteiger partial charge in [-0.2, -0.15) is 0 Å². The smallest absolute Gasteiger partial charge is 0.228 e. The molecule has 5 heteroatoms. The number of pyridine rings is 1. The van der Waals surface area contributed by atoms with Crippen LogP contribution < -0.4 is 5.32 Å². The molecular formula is C18H16N4O. The molecule has 0 aliphatic carbocycles. The Kier molecular flexibility index (Phi) is 4.38. The number of hydrogen-bond donors (Lipinski definition) is 1. The van der Waals surface area contributed by atoms with Crippen molar-refractivity contribution < 1.29 is 4.79 Å². The summed E-state index contributed by atoms with van der Waals surface area (Å²) in [5, 5.41) is 2.81. The van der Waals surface area contributed by atoms with Crippen LogP contribution in [-0.2, 0) is 11.2 Å². The molecule has 0 radical (unpaired) electrons. The van der Waals surface area contributed by atoms with Crippen molar-refractivity contribution in [2.24, 2.45) is 0 Å². The van der Waals surface area contributed by atoms with Crippen LogP contribution in [0.1, 0.15) is 11.1 Å². The summed E-state index contributed by atoms with van der Waals surface area (Å²) < 4.78 is 0. The maximum absolute atomic E-state index is 12.1. The maximum Gasteiger partial charge on any atom is 0.228 e. The Morgan fingerprint density at radius 2 is 1.91 bits per heavy atom. The lowest BCUT2D eigenvalue weighted by molar-refractivity contribution is -0.115. The highest BCUT2D eigenvalue weighted by atomic mass is 16.1. The largest absolute Gasteiger partial charge is 0.323 e. The van der Waals surface area contributed by atoms with E-state index in [1.54, 1.807) is 24.8 Å². The fourth-order valence-electron chi connectivity index (χ4n) is 2.25. The van der Waals surface area contributed by atoms with Gasteiger partial charge in [0.2, 0.25) is 5.91 Å². The molecule has 0 saturated carbocycles. The van der Waals surface area contributed by atoms with Gasteiger partial charge in [-0.3, -0.25) is 9.78 Å². The Labute approximate surface area is 134 Å². The second-order valence-electron chi connectivity index (χ2n) is 5.25. The van der Waals surface area contributed by atoms with Crippen molar-refractivity contribution in [2.45, 2.75) is 13.3 Å². The van der Waals surface area contributed by atoms with Crippen LogP contribution in [0.15, 0.2) is 61.2 Å². The highest BCUT2D eigenvalue weighted by Gasteiger charge is 2.06. The second kappa shape index (κ2) is 6.79. The summed E-state index contributed by atoms with van der Waals surface area (Å²) in [4.78, 5) is 24.6. The Morgan fingerprint density at radius 1 is 1.09 bits per heavy atom. The fourth-order valence-corrected chi connectivity index (χ4v) is 2.25. The van der Waals surface area contributed by atoms with E-state index in [4.69, 9.17) is 0 Å². The van der Waals surface area contributed by atoms with Crippen LogP contribution in [0.2, 0.25) is 0 Å². The van der Waals surface area contributed by atoms with Gasteiger partial charge in [-0.1, -0.05) is 29.8 Å². The van der Waals surface area contributed by atoms with Crippen LogP contribution in [0, 0.1) is 6.92 Å². The Morgan fingerprint density at radius 3 is 2.61 bits per heavy atom. The van der Waals surface area contributed by atoms with E-state index in [2.05, 4.69) is 20.3 Å². The van der Waals surface area contributed by atoms with Gasteiger partial charge in [-0.05, 0) is 24.6 Å². The van der Waals surface area contributed by atoms with Gasteiger partial charge in [0.15, 0.2) is 5.82 Å². The van der Waals surface area contributed by atoms with E-state index in [-0.39, 0.29) is 5.91 Å². The summed E-state index contributed by atoms with van der Waals surface area (Å²) >= 11 is 0. The molecule has 2 aromatic heterocycles. The third-order valence-electron chi connectivity index (χ3n) is 3.30. The number of nitrogens with one attached hydrogen (secondary N) is 1. The molecular weight excluding hydrogens is 288 g/mol. The number of rotatable bonds is 4. The number of benzene rings is 1. The molecule has 3 aromatic rings. The summed E-state index contributed by atoms with van der Waals surface area (Å²) in [7, 11) is 0. The molecule has 1 aromatic carbocycles. The zero-order valence-corrected chi connectivity index (χ0v) is 12.7. The molecule has 23 heavy (non-hydrogen) atoms. The average molecular weight is 304 g/mol. The van der Waals surface area contributed by atoms with E-state index < -0.39 is 0 Å². The minimum atomic E-state index is -0.0895. The summed E-state index contributed by atoms with van der Waals surface area (Å²) in [6.07, 6.45) is 6.92. The van der Waals surface area contributed by atoms with Crippen molar-refractivity contribution in [3.8, 4) is 11.4 Å². The van der Waals surface area contributed by atoms with Gasteiger partial charge in [-0.15, -0.1) is 0 Å². The number of carbonyl (C=O) groups excluding carboxylic acids is 1. The van der Waals surface area contributed by atoms with Crippen molar-refractivity contribution >= 4 is 11.6 Å². The van der Waals surface area contributed by atoms with Crippen LogP contribution in [0.3, 0.4) is 0 Å². The van der Waals surface area contributed by atoms with Crippen molar-refractivity contribution in [2.75, 3.05) is 5.32 Å². The molecule has 1 amide bonds. The number of carbonyl (C=O) groups is 1. The second-order valence-corrected chi connectivity index (χ2v) is 5.25. The zero-order valence-electron chi connectivity index (χ0n) is 12.7. The van der Waals surface area contributed by atoms with Gasteiger partial charge in [-0.25, -0.2) is 9.97 Å². The maximum atomic E-state index is 12.1. The van der Waals surface area contributed by atoms with Crippen LogP contribution in [0.25, 0.3) is 11.4 Å². The molecule has 0 unspecified atom stereocenters. The van der Waals surface area contributed by atoms with Crippen molar-refractivity contribution in [1.82, 2.24) is 15.0 Å². The van der Waals surface area contributed by atoms with Crippen LogP contribution in [0.4, 0.5) is 5.69 Å². The topological polar surface area (TPSA) is 67.8 Å². The van der Waals surface area contributed by atoms with Gasteiger partial charge in [0.1, 0.15) is 0 Å². The fraction of sp³-hybridized carbons (Fsp3) is 0.111. The number of aromatic nitrogens is 3. The predicted octanol–water partition coefficient (Wildman–Crippen LogP) is 3.03. The van der Waals surface area contributed by atoms with Gasteiger partial charge < -0.3 is 5.32 Å². The highest BCUT2D eigenvalue weighted by molar-refractivity contribution is 5.92. The van der Waals surface area contributed by atoms with Crippen molar-refractivity contribution in [1.29, 1.82) is 0 Å². The Bertz CT molecular complexity index is 801. The molecule has 0 saturated heterocycles. The normalized spacial score (nSPS) is 10.3. The van der Waals surface area contributed by atoms with Crippen molar-refractivity contribution in [3.63, 3.8) is 0 Å². The van der Waals surface area contributed by atoms with Crippen LogP contribution >= 0.6 is 0 Å². The highest BCUT2D eigenvalue weighted by Crippen LogP contribution is 2.14. The molecule has 3 rings (SSSR count). The van der Waals surface area contributed by atoms with E-state index >= 15 is 0 Å². The molecule has 114 valence electrons. The van der Waals surface area contributed by atoms with Gasteiger partial charge in [0, 0.05) is 18.0 Å². The average Bonchev–Trinajstić information content (AvgIpc) is 2.56. The van der Waals surface area contributed by atoms with Crippen molar-refractivity contribution in [3.05, 3.63) is 72.3 Å². The number of anilines is 1. The molecule has 0 atom stereocenters. The molecule has 0 fully saturated rings. The molecule has 0 bridgehead atoms. The monoisotopic (exact) mass is 304 g/mol. The summed E-state index contributed by atoms with van der Waals surface area (Å²) in [6, 6.07) is 11.6. The van der Waals surface area contributed by atoms with Crippen LogP contribution in [-0.4, -0.2) is 20.9 Å². The first-order valence-electron chi connectivity index (χ1n) is 7.28. The minimum absolute atomic E-state index is 0.0895. The zero-order chi connectivity index (χ0) is 16.1. The first-order valence-corrected chi connectivity index (χ1v) is 7.28. The van der Waals surface area contributed by atoms with E-state index in [1.807, 2.05) is 43.3 Å². The van der Waals surface area contributed by atoms with Gasteiger partial charge in [0.05, 0.1) is 24.5 Å². The number of aryl methyl sites for hydroxylation is 1. The third-order valence-corrected chi connectivity index (χ3v) is 3.30. The molecule has 2 heterocycles. The number of amides is 1. The van der Waals surface area contributed by atoms with Crippen LogP contribution in [0.5, 0.6) is 0 Å². The standard InChI is InChI=1S/C18H16N4O/c1-13-4-2-5-14(8-13)9-17(23)22-16-11-20-18(21-12-16)15-6-3-7-19-10-15/h2-8,10-12H,9H2,1H3,(H,22,23). The number of hydrogen-bond acceptors (Lipinski definition) is 4. The summed E-state index contributed by atoms with van der Waals surface area (Å²) in [6.45, 7) is 2.01. The lowest BCUT2D eigenvalue weighted by atomic mass is 10.1. The van der Waals surface area contributed by atoms with Gasteiger partial charge >= 0.3 is 0 Å². The first kappa shape index (κ1) is 14.8. The number of nitrogens with zero attached hydrogens (tertiary/aromatic N) is 3. The lowest BCUT2D eigenvalue weighted by Gasteiger charge is -2.06. The third kappa shape index (κ3) is 3.97. The lowest BCUT2D eigenvalue weighted by Crippen LogP contribution is -2.14. The Hall–Kier alpha value is -3.08. The summed E-state index contributed by atoms with van der Waals surface area (Å²) in [5.74, 6) is 0.489.